The topological polar surface area (TPSA) is 99.5 Å². The van der Waals surface area contributed by atoms with Crippen LogP contribution in [-0.2, 0) is 9.59 Å². The molecule has 2 aliphatic rings. The normalized spacial score (nSPS) is 22.2. The molecule has 0 radical (unpaired) electrons. The molecule has 10 heteroatoms. The second-order valence-corrected chi connectivity index (χ2v) is 8.14. The van der Waals surface area contributed by atoms with Crippen molar-refractivity contribution in [1.29, 1.82) is 0 Å². The maximum absolute atomic E-state index is 13.2. The zero-order valence-electron chi connectivity index (χ0n) is 17.0. The predicted octanol–water partition coefficient (Wildman–Crippen LogP) is 2.15. The Bertz CT molecular complexity index is 818. The number of hydrogen-bond acceptors (Lipinski definition) is 6. The van der Waals surface area contributed by atoms with Gasteiger partial charge in [-0.05, 0) is 31.4 Å². The largest absolute Gasteiger partial charge is 0.586 e. The zero-order chi connectivity index (χ0) is 22.2. The number of aliphatic carboxylic acids is 1. The molecule has 1 fully saturated rings. The Morgan fingerprint density at radius 1 is 1.23 bits per heavy atom. The van der Waals surface area contributed by atoms with Gasteiger partial charge in [0.15, 0.2) is 17.6 Å². The number of halogens is 2. The number of amides is 1. The summed E-state index contributed by atoms with van der Waals surface area (Å²) in [6.07, 6.45) is -5.19. The smallest absolute Gasteiger partial charge is 0.479 e. The Morgan fingerprint density at radius 3 is 2.50 bits per heavy atom. The number of rotatable bonds is 6. The van der Waals surface area contributed by atoms with Crippen molar-refractivity contribution in [2.24, 2.45) is 11.8 Å². The molecule has 30 heavy (non-hydrogen) atoms. The summed E-state index contributed by atoms with van der Waals surface area (Å²) in [4.78, 5) is 27.8. The number of carboxylic acid groups (broad SMARTS) is 1. The van der Waals surface area contributed by atoms with E-state index < -0.39 is 30.2 Å². The predicted molar refractivity (Wildman–Crippen MR) is 103 cm³/mol. The number of anilines is 1. The van der Waals surface area contributed by atoms with E-state index in [1.165, 1.54) is 12.1 Å². The maximum atomic E-state index is 13.2. The van der Waals surface area contributed by atoms with Crippen LogP contribution in [0.3, 0.4) is 0 Å². The standard InChI is InChI=1S/C20H26F2N2O6/c1-11(2)8-14(17(25)19(27)28)18(26)24-7-6-23(10-12(24)3)13-4-5-15-16(9-13)30-20(21,22)29-15/h4-5,9,11-12,14,17,25H,6-8,10H2,1-3H3,(H,27,28)/t12-,14+,17+/m1/s1. The number of alkyl halides is 2. The Kier molecular flexibility index (Phi) is 6.07. The number of aliphatic hydroxyl groups excluding tert-OH is 1. The van der Waals surface area contributed by atoms with Crippen molar-refractivity contribution in [1.82, 2.24) is 4.90 Å². The molecule has 2 N–H and O–H groups in total. The van der Waals surface area contributed by atoms with Crippen molar-refractivity contribution < 1.29 is 38.1 Å². The van der Waals surface area contributed by atoms with Crippen LogP contribution in [0.4, 0.5) is 14.5 Å². The van der Waals surface area contributed by atoms with E-state index in [2.05, 4.69) is 9.47 Å². The van der Waals surface area contributed by atoms with Crippen molar-refractivity contribution in [2.75, 3.05) is 24.5 Å². The van der Waals surface area contributed by atoms with Gasteiger partial charge in [-0.3, -0.25) is 4.79 Å². The van der Waals surface area contributed by atoms with E-state index in [0.29, 0.717) is 25.3 Å². The van der Waals surface area contributed by atoms with Gasteiger partial charge in [-0.25, -0.2) is 4.79 Å². The van der Waals surface area contributed by atoms with E-state index in [-0.39, 0.29) is 29.9 Å². The molecule has 3 rings (SSSR count). The third kappa shape index (κ3) is 4.58. The zero-order valence-corrected chi connectivity index (χ0v) is 17.0. The average molecular weight is 428 g/mol. The number of aliphatic hydroxyl groups is 1. The van der Waals surface area contributed by atoms with Gasteiger partial charge in [0.25, 0.3) is 0 Å². The minimum atomic E-state index is -3.68. The Balaban J connectivity index is 1.70. The molecule has 2 heterocycles. The highest BCUT2D eigenvalue weighted by molar-refractivity contribution is 5.86. The molecule has 1 saturated heterocycles. The summed E-state index contributed by atoms with van der Waals surface area (Å²) in [6, 6.07) is 4.25. The summed E-state index contributed by atoms with van der Waals surface area (Å²) in [7, 11) is 0. The monoisotopic (exact) mass is 428 g/mol. The van der Waals surface area contributed by atoms with Crippen molar-refractivity contribution in [3.8, 4) is 11.5 Å². The number of carbonyl (C=O) groups is 2. The molecule has 1 amide bonds. The van der Waals surface area contributed by atoms with Crippen LogP contribution in [0.2, 0.25) is 0 Å². The van der Waals surface area contributed by atoms with Crippen LogP contribution in [0.15, 0.2) is 18.2 Å². The number of piperazine rings is 1. The average Bonchev–Trinajstić information content (AvgIpc) is 2.97. The molecule has 1 aromatic carbocycles. The first-order valence-electron chi connectivity index (χ1n) is 9.84. The highest BCUT2D eigenvalue weighted by Gasteiger charge is 2.44. The van der Waals surface area contributed by atoms with Crippen molar-refractivity contribution >= 4 is 17.6 Å². The molecule has 0 bridgehead atoms. The fourth-order valence-electron chi connectivity index (χ4n) is 3.91. The lowest BCUT2D eigenvalue weighted by atomic mass is 9.90. The number of fused-ring (bicyclic) bond motifs is 1. The van der Waals surface area contributed by atoms with Gasteiger partial charge in [0, 0.05) is 37.4 Å². The first kappa shape index (κ1) is 22.1. The van der Waals surface area contributed by atoms with Crippen molar-refractivity contribution in [3.05, 3.63) is 18.2 Å². The highest BCUT2D eigenvalue weighted by atomic mass is 19.3. The molecule has 1 aromatic rings. The van der Waals surface area contributed by atoms with E-state index >= 15 is 0 Å². The number of ether oxygens (including phenoxy) is 2. The Hall–Kier alpha value is -2.62. The van der Waals surface area contributed by atoms with E-state index in [1.807, 2.05) is 25.7 Å². The molecule has 0 spiro atoms. The third-order valence-corrected chi connectivity index (χ3v) is 5.34. The molecule has 166 valence electrons. The van der Waals surface area contributed by atoms with Gasteiger partial charge in [0.1, 0.15) is 0 Å². The molecular weight excluding hydrogens is 402 g/mol. The summed E-state index contributed by atoms with van der Waals surface area (Å²) < 4.78 is 35.4. The van der Waals surface area contributed by atoms with Crippen LogP contribution in [0.1, 0.15) is 27.2 Å². The molecule has 0 saturated carbocycles. The van der Waals surface area contributed by atoms with Crippen LogP contribution in [0, 0.1) is 11.8 Å². The first-order valence-corrected chi connectivity index (χ1v) is 9.84. The number of carboxylic acids is 1. The van der Waals surface area contributed by atoms with Crippen LogP contribution in [0.25, 0.3) is 0 Å². The summed E-state index contributed by atoms with van der Waals surface area (Å²) in [5, 5.41) is 19.2. The molecule has 8 nitrogen and oxygen atoms in total. The van der Waals surface area contributed by atoms with Gasteiger partial charge in [0.05, 0.1) is 5.92 Å². The lowest BCUT2D eigenvalue weighted by Crippen LogP contribution is -2.57. The second-order valence-electron chi connectivity index (χ2n) is 8.14. The summed E-state index contributed by atoms with van der Waals surface area (Å²) >= 11 is 0. The van der Waals surface area contributed by atoms with E-state index in [1.54, 1.807) is 11.0 Å². The lowest BCUT2D eigenvalue weighted by Gasteiger charge is -2.42. The lowest BCUT2D eigenvalue weighted by molar-refractivity contribution is -0.286. The van der Waals surface area contributed by atoms with Crippen LogP contribution in [0.5, 0.6) is 11.5 Å². The second kappa shape index (κ2) is 8.25. The Morgan fingerprint density at radius 2 is 1.90 bits per heavy atom. The van der Waals surface area contributed by atoms with Crippen LogP contribution in [-0.4, -0.2) is 65.1 Å². The molecule has 0 aliphatic carbocycles. The molecule has 3 atom stereocenters. The minimum Gasteiger partial charge on any atom is -0.479 e. The fourth-order valence-corrected chi connectivity index (χ4v) is 3.91. The highest BCUT2D eigenvalue weighted by Crippen LogP contribution is 2.43. The SMILES string of the molecule is CC(C)C[C@H](C(=O)N1CCN(c2ccc3c(c2)OC(F)(F)O3)C[C@H]1C)[C@H](O)C(=O)O. The number of benzene rings is 1. The summed E-state index contributed by atoms with van der Waals surface area (Å²) in [5.41, 5.74) is 0.651. The van der Waals surface area contributed by atoms with E-state index in [9.17, 15) is 28.6 Å². The van der Waals surface area contributed by atoms with Crippen LogP contribution >= 0.6 is 0 Å². The molecule has 0 unspecified atom stereocenters. The third-order valence-electron chi connectivity index (χ3n) is 5.34. The number of hydrogen-bond donors (Lipinski definition) is 2. The quantitative estimate of drug-likeness (QED) is 0.716. The van der Waals surface area contributed by atoms with Gasteiger partial charge in [-0.15, -0.1) is 8.78 Å². The van der Waals surface area contributed by atoms with Gasteiger partial charge in [-0.2, -0.15) is 0 Å². The fraction of sp³-hybridized carbons (Fsp3) is 0.600. The summed E-state index contributed by atoms with van der Waals surface area (Å²) in [6.45, 7) is 6.69. The number of nitrogens with zero attached hydrogens (tertiary/aromatic N) is 2. The first-order chi connectivity index (χ1) is 14.0. The van der Waals surface area contributed by atoms with E-state index in [0.717, 1.165) is 0 Å². The van der Waals surface area contributed by atoms with Crippen LogP contribution < -0.4 is 14.4 Å². The Labute approximate surface area is 173 Å². The van der Waals surface area contributed by atoms with Crippen molar-refractivity contribution in [3.63, 3.8) is 0 Å². The molecule has 2 aliphatic heterocycles. The van der Waals surface area contributed by atoms with Gasteiger partial charge >= 0.3 is 12.3 Å². The van der Waals surface area contributed by atoms with Crippen molar-refractivity contribution in [2.45, 2.75) is 45.6 Å². The molecular formula is C20H26F2N2O6. The van der Waals surface area contributed by atoms with Gasteiger partial charge in [0.2, 0.25) is 5.91 Å². The summed E-state index contributed by atoms with van der Waals surface area (Å²) in [5.74, 6) is -2.89. The maximum Gasteiger partial charge on any atom is 0.586 e. The van der Waals surface area contributed by atoms with Gasteiger partial charge in [-0.1, -0.05) is 13.8 Å². The number of carbonyl (C=O) groups excluding carboxylic acids is 1. The minimum absolute atomic E-state index is 0.0372. The molecule has 0 aromatic heterocycles. The van der Waals surface area contributed by atoms with Gasteiger partial charge < -0.3 is 29.5 Å². The van der Waals surface area contributed by atoms with E-state index in [4.69, 9.17) is 0 Å².